The van der Waals surface area contributed by atoms with E-state index in [1.54, 1.807) is 18.5 Å². The van der Waals surface area contributed by atoms with Crippen molar-refractivity contribution in [2.75, 3.05) is 67.9 Å². The maximum Gasteiger partial charge on any atom is 0.270 e. The predicted octanol–water partition coefficient (Wildman–Crippen LogP) is 3.11. The highest BCUT2D eigenvalue weighted by Gasteiger charge is 2.46. The summed E-state index contributed by atoms with van der Waals surface area (Å²) in [6, 6.07) is 16.2. The van der Waals surface area contributed by atoms with E-state index in [1.807, 2.05) is 21.6 Å². The van der Waals surface area contributed by atoms with Gasteiger partial charge in [-0.05, 0) is 86.6 Å². The molecule has 66 heavy (non-hydrogen) atoms. The van der Waals surface area contributed by atoms with Gasteiger partial charge in [0, 0.05) is 81.4 Å². The molecule has 4 fully saturated rings. The molecule has 0 unspecified atom stereocenters. The number of aromatic nitrogens is 5. The predicted molar refractivity (Wildman–Crippen MR) is 238 cm³/mol. The van der Waals surface area contributed by atoms with Crippen molar-refractivity contribution in [1.29, 1.82) is 0 Å². The molecule has 7 heterocycles. The van der Waals surface area contributed by atoms with Crippen molar-refractivity contribution in [1.82, 2.24) is 49.8 Å². The quantitative estimate of drug-likeness (QED) is 0.105. The van der Waals surface area contributed by atoms with Crippen LogP contribution in [0.4, 0.5) is 27.3 Å². The summed E-state index contributed by atoms with van der Waals surface area (Å²) < 4.78 is 15.5. The maximum absolute atomic E-state index is 13.5. The molecular formula is C46H48FN13O6. The van der Waals surface area contributed by atoms with Crippen molar-refractivity contribution < 1.29 is 33.2 Å². The van der Waals surface area contributed by atoms with Crippen LogP contribution in [0.5, 0.6) is 0 Å². The van der Waals surface area contributed by atoms with Crippen LogP contribution in [0.15, 0.2) is 73.3 Å². The summed E-state index contributed by atoms with van der Waals surface area (Å²) in [7, 11) is 0. The third-order valence-corrected chi connectivity index (χ3v) is 13.4. The Balaban J connectivity index is 0.657. The number of nitrogens with one attached hydrogen (secondary N) is 4. The highest BCUT2D eigenvalue weighted by Crippen LogP contribution is 2.36. The zero-order chi connectivity index (χ0) is 45.5. The summed E-state index contributed by atoms with van der Waals surface area (Å²) in [5.74, 6) is -2.42. The third kappa shape index (κ3) is 8.50. The largest absolute Gasteiger partial charge is 0.375 e. The van der Waals surface area contributed by atoms with Gasteiger partial charge in [-0.25, -0.2) is 19.9 Å². The molecule has 5 aliphatic rings. The molecule has 1 aliphatic carbocycles. The molecular weight excluding hydrogens is 850 g/mol. The summed E-state index contributed by atoms with van der Waals surface area (Å²) in [4.78, 5) is 102. The number of nitrogens with zero attached hydrogens (tertiary/aromatic N) is 9. The summed E-state index contributed by atoms with van der Waals surface area (Å²) in [6.45, 7) is 5.89. The van der Waals surface area contributed by atoms with E-state index in [4.69, 9.17) is 0 Å². The van der Waals surface area contributed by atoms with E-state index in [1.165, 1.54) is 30.6 Å². The Morgan fingerprint density at radius 2 is 1.61 bits per heavy atom. The van der Waals surface area contributed by atoms with Gasteiger partial charge in [0.15, 0.2) is 17.0 Å². The molecule has 0 radical (unpaired) electrons. The average Bonchev–Trinajstić information content (AvgIpc) is 3.85. The number of carbonyl (C=O) groups excluding carboxylic acids is 6. The first-order valence-electron chi connectivity index (χ1n) is 22.4. The minimum Gasteiger partial charge on any atom is -0.375 e. The molecule has 4 aliphatic heterocycles. The standard InChI is InChI=1S/C46H48FN13O6/c47-36-6-2-5-34(54-36)43(63)53-29-21-31(22-29)59-26-51-40-41(49-25-50-42(40)59)52-28-7-9-30(10-8-28)57-19-17-56(18-20-57)24-27-13-15-58(16-14-27)38(62)23-48-33-4-1-3-32-39(33)46(66)60(45(32)65)35-11-12-37(61)55-44(35)64/h1-10,25-27,29,31,35,48H,11-24H2,(H,53,63)(H,49,50,52)(H,55,61,64)/t29?,31?,35-/m0/s1. The summed E-state index contributed by atoms with van der Waals surface area (Å²) in [6.07, 6.45) is 6.54. The molecule has 1 saturated carbocycles. The lowest BCUT2D eigenvalue weighted by Crippen LogP contribution is -2.54. The number of imidazole rings is 1. The molecule has 0 bridgehead atoms. The molecule has 3 saturated heterocycles. The van der Waals surface area contributed by atoms with Gasteiger partial charge >= 0.3 is 0 Å². The molecule has 1 atom stereocenters. The highest BCUT2D eigenvalue weighted by atomic mass is 19.1. The minimum atomic E-state index is -1.06. The Kier molecular flexibility index (Phi) is 11.6. The number of halogens is 1. The Bertz CT molecular complexity index is 2730. The van der Waals surface area contributed by atoms with Gasteiger partial charge in [-0.3, -0.25) is 43.9 Å². The molecule has 6 amide bonds. The average molecular weight is 898 g/mol. The van der Waals surface area contributed by atoms with E-state index < -0.39 is 41.5 Å². The number of hydrogen-bond acceptors (Lipinski definition) is 14. The van der Waals surface area contributed by atoms with Crippen LogP contribution in [0, 0.1) is 11.9 Å². The van der Waals surface area contributed by atoms with Gasteiger partial charge in [0.05, 0.1) is 24.0 Å². The van der Waals surface area contributed by atoms with Crippen LogP contribution in [0.2, 0.25) is 0 Å². The van der Waals surface area contributed by atoms with Crippen LogP contribution in [0.25, 0.3) is 11.2 Å². The molecule has 4 N–H and O–H groups in total. The first-order valence-corrected chi connectivity index (χ1v) is 22.4. The first-order chi connectivity index (χ1) is 32.1. The van der Waals surface area contributed by atoms with E-state index in [2.05, 4.69) is 63.1 Å². The minimum absolute atomic E-state index is 0.0376. The van der Waals surface area contributed by atoms with E-state index in [0.717, 1.165) is 61.8 Å². The number of rotatable bonds is 12. The Labute approximate surface area is 378 Å². The second kappa shape index (κ2) is 17.9. The molecule has 10 rings (SSSR count). The van der Waals surface area contributed by atoms with E-state index in [-0.39, 0.29) is 54.2 Å². The van der Waals surface area contributed by atoms with Crippen LogP contribution >= 0.6 is 0 Å². The zero-order valence-corrected chi connectivity index (χ0v) is 36.0. The van der Waals surface area contributed by atoms with Crippen molar-refractivity contribution >= 4 is 69.5 Å². The summed E-state index contributed by atoms with van der Waals surface area (Å²) in [5, 5.41) is 11.6. The normalized spacial score (nSPS) is 21.4. The van der Waals surface area contributed by atoms with Crippen molar-refractivity contribution in [3.63, 3.8) is 0 Å². The molecule has 20 heteroatoms. The highest BCUT2D eigenvalue weighted by molar-refractivity contribution is 6.25. The number of amides is 6. The van der Waals surface area contributed by atoms with Crippen molar-refractivity contribution in [2.24, 2.45) is 5.92 Å². The second-order valence-corrected chi connectivity index (χ2v) is 17.5. The van der Waals surface area contributed by atoms with Gasteiger partial charge in [0.25, 0.3) is 17.7 Å². The van der Waals surface area contributed by atoms with Crippen LogP contribution in [0.1, 0.15) is 75.8 Å². The van der Waals surface area contributed by atoms with Crippen LogP contribution < -0.4 is 26.2 Å². The number of pyridine rings is 1. The number of carbonyl (C=O) groups is 6. The van der Waals surface area contributed by atoms with E-state index in [0.29, 0.717) is 54.5 Å². The SMILES string of the molecule is O=C1CC[C@H](N2C(=O)c3cccc(NCC(=O)N4CCC(CN5CCN(c6ccc(Nc7ncnc8c7ncn8C7CC(NC(=O)c8cccc(F)n8)C7)cc6)CC5)CC4)c3C2=O)C(=O)N1. The number of likely N-dealkylation sites (tertiary alicyclic amines) is 1. The van der Waals surface area contributed by atoms with Gasteiger partial charge in [-0.1, -0.05) is 12.1 Å². The molecule has 340 valence electrons. The van der Waals surface area contributed by atoms with Gasteiger partial charge < -0.3 is 30.3 Å². The molecule has 19 nitrogen and oxygen atoms in total. The molecule has 5 aromatic rings. The molecule has 3 aromatic heterocycles. The van der Waals surface area contributed by atoms with E-state index >= 15 is 0 Å². The van der Waals surface area contributed by atoms with Gasteiger partial charge in [-0.15, -0.1) is 0 Å². The lowest BCUT2D eigenvalue weighted by atomic mass is 9.86. The lowest BCUT2D eigenvalue weighted by Gasteiger charge is -2.39. The maximum atomic E-state index is 13.5. The first kappa shape index (κ1) is 42.6. The third-order valence-electron chi connectivity index (χ3n) is 13.4. The molecule has 2 aromatic carbocycles. The Hall–Kier alpha value is -7.35. The number of piperidine rings is 2. The second-order valence-electron chi connectivity index (χ2n) is 17.5. The monoisotopic (exact) mass is 897 g/mol. The fourth-order valence-corrected chi connectivity index (χ4v) is 9.69. The Morgan fingerprint density at radius 1 is 0.833 bits per heavy atom. The number of hydrogen-bond donors (Lipinski definition) is 4. The molecule has 0 spiro atoms. The number of piperazine rings is 1. The number of anilines is 4. The summed E-state index contributed by atoms with van der Waals surface area (Å²) in [5.41, 5.74) is 4.07. The van der Waals surface area contributed by atoms with Crippen molar-refractivity contribution in [3.05, 3.63) is 96.1 Å². The van der Waals surface area contributed by atoms with Crippen LogP contribution in [-0.4, -0.2) is 139 Å². The summed E-state index contributed by atoms with van der Waals surface area (Å²) >= 11 is 0. The smallest absolute Gasteiger partial charge is 0.270 e. The van der Waals surface area contributed by atoms with Crippen molar-refractivity contribution in [2.45, 2.75) is 56.7 Å². The number of fused-ring (bicyclic) bond motifs is 2. The van der Waals surface area contributed by atoms with Gasteiger partial charge in [0.1, 0.15) is 18.1 Å². The van der Waals surface area contributed by atoms with E-state index in [9.17, 15) is 33.2 Å². The number of imide groups is 2. The topological polar surface area (TPSA) is 220 Å². The fourth-order valence-electron chi connectivity index (χ4n) is 9.69. The fraction of sp³-hybridized carbons (Fsp3) is 0.391. The lowest BCUT2D eigenvalue weighted by molar-refractivity contribution is -0.136. The van der Waals surface area contributed by atoms with Crippen LogP contribution in [0.3, 0.4) is 0 Å². The van der Waals surface area contributed by atoms with Crippen LogP contribution in [-0.2, 0) is 14.4 Å². The Morgan fingerprint density at radius 3 is 2.36 bits per heavy atom. The zero-order valence-electron chi connectivity index (χ0n) is 36.0. The number of benzene rings is 2. The van der Waals surface area contributed by atoms with Gasteiger partial charge in [0.2, 0.25) is 23.7 Å². The van der Waals surface area contributed by atoms with Gasteiger partial charge in [-0.2, -0.15) is 4.39 Å². The van der Waals surface area contributed by atoms with Crippen molar-refractivity contribution in [3.8, 4) is 0 Å².